The van der Waals surface area contributed by atoms with Gasteiger partial charge in [-0.25, -0.2) is 4.98 Å². The van der Waals surface area contributed by atoms with Gasteiger partial charge >= 0.3 is 0 Å². The van der Waals surface area contributed by atoms with E-state index in [2.05, 4.69) is 15.5 Å². The largest absolute Gasteiger partial charge is 0.493 e. The minimum atomic E-state index is 0.203. The number of carbonyl (C=O) groups excluding carboxylic acids is 1. The fourth-order valence-electron chi connectivity index (χ4n) is 3.75. The number of nitrogens with one attached hydrogen (secondary N) is 1. The van der Waals surface area contributed by atoms with Crippen LogP contribution in [0.2, 0.25) is 0 Å². The van der Waals surface area contributed by atoms with Crippen LogP contribution >= 0.6 is 0 Å². The Bertz CT molecular complexity index is 1220. The van der Waals surface area contributed by atoms with Crippen LogP contribution in [0.25, 0.3) is 16.7 Å². The highest BCUT2D eigenvalue weighted by Gasteiger charge is 2.16. The summed E-state index contributed by atoms with van der Waals surface area (Å²) in [5.74, 6) is 3.59. The molecular weight excluding hydrogens is 410 g/mol. The number of aromatic nitrogens is 4. The Labute approximate surface area is 185 Å². The molecule has 0 fully saturated rings. The Morgan fingerprint density at radius 1 is 1.12 bits per heavy atom. The minimum absolute atomic E-state index is 0.203. The molecule has 0 amide bonds. The average Bonchev–Trinajstić information content (AvgIpc) is 3.45. The van der Waals surface area contributed by atoms with E-state index in [-0.39, 0.29) is 5.78 Å². The number of Topliss-reactive ketones (excluding diaryl/α,β-unsaturated/α-hetero) is 1. The first-order valence-electron chi connectivity index (χ1n) is 10.7. The van der Waals surface area contributed by atoms with Gasteiger partial charge < -0.3 is 19.2 Å². The van der Waals surface area contributed by atoms with Gasteiger partial charge in [-0.1, -0.05) is 6.42 Å². The highest BCUT2D eigenvalue weighted by atomic mass is 16.5. The van der Waals surface area contributed by atoms with Crippen molar-refractivity contribution in [1.29, 1.82) is 0 Å². The number of carbonyl (C=O) groups is 1. The molecule has 3 aromatic heterocycles. The van der Waals surface area contributed by atoms with Crippen molar-refractivity contribution < 1.29 is 18.7 Å². The maximum atomic E-state index is 12.0. The first kappa shape index (κ1) is 21.6. The predicted octanol–water partition coefficient (Wildman–Crippen LogP) is 3.98. The number of hydrogen-bond donors (Lipinski definition) is 1. The van der Waals surface area contributed by atoms with Gasteiger partial charge in [0.05, 0.1) is 37.9 Å². The van der Waals surface area contributed by atoms with E-state index in [0.717, 1.165) is 48.4 Å². The lowest BCUT2D eigenvalue weighted by atomic mass is 10.1. The number of nitrogens with zero attached hydrogens (tertiary/aromatic N) is 4. The van der Waals surface area contributed by atoms with Crippen LogP contribution in [0.15, 0.2) is 34.9 Å². The van der Waals surface area contributed by atoms with Crippen LogP contribution in [-0.2, 0) is 11.2 Å². The second-order valence-corrected chi connectivity index (χ2v) is 7.59. The van der Waals surface area contributed by atoms with Crippen LogP contribution in [0.1, 0.15) is 37.3 Å². The number of anilines is 1. The molecule has 4 rings (SSSR count). The molecule has 1 aromatic carbocycles. The van der Waals surface area contributed by atoms with Crippen molar-refractivity contribution in [2.75, 3.05) is 26.1 Å². The van der Waals surface area contributed by atoms with Crippen molar-refractivity contribution in [1.82, 2.24) is 19.6 Å². The number of aryl methyl sites for hydroxylation is 1. The Balaban J connectivity index is 1.40. The maximum Gasteiger partial charge on any atom is 0.204 e. The zero-order valence-electron chi connectivity index (χ0n) is 18.6. The van der Waals surface area contributed by atoms with Gasteiger partial charge in [0, 0.05) is 25.1 Å². The van der Waals surface area contributed by atoms with Gasteiger partial charge in [-0.15, -0.1) is 10.2 Å². The molecule has 0 spiro atoms. The van der Waals surface area contributed by atoms with Crippen LogP contribution in [0.4, 0.5) is 5.82 Å². The zero-order chi connectivity index (χ0) is 22.5. The summed E-state index contributed by atoms with van der Waals surface area (Å²) in [6, 6.07) is 7.36. The summed E-state index contributed by atoms with van der Waals surface area (Å²) in [4.78, 5) is 16.8. The number of rotatable bonds is 11. The summed E-state index contributed by atoms with van der Waals surface area (Å²) in [5, 5.41) is 11.9. The summed E-state index contributed by atoms with van der Waals surface area (Å²) < 4.78 is 18.0. The van der Waals surface area contributed by atoms with E-state index in [0.29, 0.717) is 35.8 Å². The van der Waals surface area contributed by atoms with Crippen molar-refractivity contribution in [3.8, 4) is 11.5 Å². The molecule has 0 aliphatic rings. The second kappa shape index (κ2) is 9.67. The van der Waals surface area contributed by atoms with Gasteiger partial charge in [0.1, 0.15) is 17.4 Å². The molecule has 1 N–H and O–H groups in total. The fraction of sp³-hybridized carbons (Fsp3) is 0.391. The minimum Gasteiger partial charge on any atom is -0.493 e. The molecule has 0 bridgehead atoms. The van der Waals surface area contributed by atoms with E-state index in [4.69, 9.17) is 18.9 Å². The molecule has 32 heavy (non-hydrogen) atoms. The Kier molecular flexibility index (Phi) is 6.53. The zero-order valence-corrected chi connectivity index (χ0v) is 18.6. The monoisotopic (exact) mass is 437 g/mol. The van der Waals surface area contributed by atoms with Gasteiger partial charge in [0.15, 0.2) is 17.3 Å². The Morgan fingerprint density at radius 2 is 1.94 bits per heavy atom. The lowest BCUT2D eigenvalue weighted by Gasteiger charge is -2.13. The molecule has 9 heteroatoms. The smallest absolute Gasteiger partial charge is 0.204 e. The molecule has 0 aliphatic carbocycles. The molecule has 0 aliphatic heterocycles. The van der Waals surface area contributed by atoms with E-state index >= 15 is 0 Å². The second-order valence-electron chi connectivity index (χ2n) is 7.59. The van der Waals surface area contributed by atoms with Crippen LogP contribution < -0.4 is 14.8 Å². The lowest BCUT2D eigenvalue weighted by molar-refractivity contribution is -0.118. The third kappa shape index (κ3) is 4.51. The fourth-order valence-corrected chi connectivity index (χ4v) is 3.75. The number of hydrogen-bond acceptors (Lipinski definition) is 8. The average molecular weight is 438 g/mol. The van der Waals surface area contributed by atoms with Crippen LogP contribution in [0.5, 0.6) is 11.5 Å². The molecule has 0 saturated carbocycles. The van der Waals surface area contributed by atoms with Crippen molar-refractivity contribution in [3.63, 3.8) is 0 Å². The molecule has 0 atom stereocenters. The van der Waals surface area contributed by atoms with Crippen LogP contribution in [0.3, 0.4) is 0 Å². The maximum absolute atomic E-state index is 12.0. The number of fused-ring (bicyclic) bond motifs is 3. The van der Waals surface area contributed by atoms with Gasteiger partial charge in [-0.2, -0.15) is 0 Å². The summed E-state index contributed by atoms with van der Waals surface area (Å²) >= 11 is 0. The van der Waals surface area contributed by atoms with Crippen molar-refractivity contribution in [3.05, 3.63) is 42.1 Å². The van der Waals surface area contributed by atoms with Crippen molar-refractivity contribution >= 4 is 28.3 Å². The van der Waals surface area contributed by atoms with Gasteiger partial charge in [0.2, 0.25) is 5.65 Å². The molecule has 0 unspecified atom stereocenters. The molecule has 168 valence electrons. The predicted molar refractivity (Wildman–Crippen MR) is 121 cm³/mol. The van der Waals surface area contributed by atoms with Crippen LogP contribution in [-0.4, -0.2) is 46.1 Å². The summed E-state index contributed by atoms with van der Waals surface area (Å²) in [6.07, 6.45) is 5.23. The molecule has 0 radical (unpaired) electrons. The van der Waals surface area contributed by atoms with E-state index < -0.39 is 0 Å². The SMILES string of the molecule is COc1cc2nc(NCCCCCC(=O)Cc3ccco3)c3nnc(C)n3c2cc1OC. The quantitative estimate of drug-likeness (QED) is 0.351. The van der Waals surface area contributed by atoms with E-state index in [1.807, 2.05) is 29.5 Å². The van der Waals surface area contributed by atoms with Gasteiger partial charge in [-0.05, 0) is 31.9 Å². The Hall–Kier alpha value is -3.62. The number of methoxy groups -OCH3 is 2. The number of unbranched alkanes of at least 4 members (excludes halogenated alkanes) is 2. The molecular formula is C23H27N5O4. The number of ether oxygens (including phenoxy) is 2. The van der Waals surface area contributed by atoms with Crippen LogP contribution in [0, 0.1) is 6.92 Å². The third-order valence-electron chi connectivity index (χ3n) is 5.37. The molecule has 4 aromatic rings. The van der Waals surface area contributed by atoms with E-state index in [1.165, 1.54) is 0 Å². The molecule has 0 saturated heterocycles. The highest BCUT2D eigenvalue weighted by molar-refractivity contribution is 5.86. The topological polar surface area (TPSA) is 104 Å². The number of benzene rings is 1. The number of ketones is 1. The molecule has 9 nitrogen and oxygen atoms in total. The van der Waals surface area contributed by atoms with Gasteiger partial charge in [0.25, 0.3) is 0 Å². The van der Waals surface area contributed by atoms with Gasteiger partial charge in [-0.3, -0.25) is 9.20 Å². The summed E-state index contributed by atoms with van der Waals surface area (Å²) in [6.45, 7) is 2.62. The van der Waals surface area contributed by atoms with E-state index in [9.17, 15) is 4.79 Å². The standard InChI is InChI=1S/C23H27N5O4/c1-15-26-27-23-22(24-10-6-4-5-8-16(29)12-17-9-7-11-32-17)25-18-13-20(30-2)21(31-3)14-19(18)28(15)23/h7,9,11,13-14H,4-6,8,10,12H2,1-3H3,(H,24,25). The first-order chi connectivity index (χ1) is 15.6. The molecule has 3 heterocycles. The highest BCUT2D eigenvalue weighted by Crippen LogP contribution is 2.33. The Morgan fingerprint density at radius 3 is 2.69 bits per heavy atom. The van der Waals surface area contributed by atoms with Crippen molar-refractivity contribution in [2.45, 2.75) is 39.0 Å². The summed E-state index contributed by atoms with van der Waals surface area (Å²) in [7, 11) is 3.21. The normalized spacial score (nSPS) is 11.2. The third-order valence-corrected chi connectivity index (χ3v) is 5.37. The first-order valence-corrected chi connectivity index (χ1v) is 10.7. The lowest BCUT2D eigenvalue weighted by Crippen LogP contribution is -2.08. The number of furan rings is 1. The summed E-state index contributed by atoms with van der Waals surface area (Å²) in [5.41, 5.74) is 2.26. The van der Waals surface area contributed by atoms with Crippen molar-refractivity contribution in [2.24, 2.45) is 0 Å². The van der Waals surface area contributed by atoms with E-state index in [1.54, 1.807) is 26.5 Å².